The smallest absolute Gasteiger partial charge is 0.154 e. The zero-order valence-electron chi connectivity index (χ0n) is 6.81. The highest BCUT2D eigenvalue weighted by molar-refractivity contribution is 8.01. The second-order valence-electron chi connectivity index (χ2n) is 2.44. The Balaban J connectivity index is 2.24. The molecule has 4 heteroatoms. The molecule has 0 bridgehead atoms. The molecule has 2 nitrogen and oxygen atoms in total. The van der Waals surface area contributed by atoms with Gasteiger partial charge in [-0.05, 0) is 12.1 Å². The van der Waals surface area contributed by atoms with Gasteiger partial charge in [0.15, 0.2) is 4.34 Å². The Morgan fingerprint density at radius 3 is 2.85 bits per heavy atom. The minimum atomic E-state index is 0.808. The average Bonchev–Trinajstić information content (AvgIpc) is 2.61. The van der Waals surface area contributed by atoms with Gasteiger partial charge in [-0.25, -0.2) is 4.98 Å². The molecular formula is C9H8N2S2. The molecule has 0 aliphatic carbocycles. The minimum Gasteiger partial charge on any atom is -0.398 e. The Morgan fingerprint density at radius 2 is 2.15 bits per heavy atom. The van der Waals surface area contributed by atoms with Crippen molar-refractivity contribution >= 4 is 28.8 Å². The van der Waals surface area contributed by atoms with Gasteiger partial charge in [0.1, 0.15) is 0 Å². The summed E-state index contributed by atoms with van der Waals surface area (Å²) < 4.78 is 1.03. The Kier molecular flexibility index (Phi) is 2.52. The third-order valence-electron chi connectivity index (χ3n) is 1.53. The van der Waals surface area contributed by atoms with E-state index in [-0.39, 0.29) is 0 Å². The number of nitrogen functional groups attached to an aromatic ring is 1. The molecule has 0 fully saturated rings. The number of para-hydroxylation sites is 1. The molecular weight excluding hydrogens is 200 g/mol. The van der Waals surface area contributed by atoms with E-state index in [0.717, 1.165) is 14.9 Å². The summed E-state index contributed by atoms with van der Waals surface area (Å²) in [6.45, 7) is 0. The monoisotopic (exact) mass is 208 g/mol. The van der Waals surface area contributed by atoms with E-state index >= 15 is 0 Å². The van der Waals surface area contributed by atoms with Crippen molar-refractivity contribution < 1.29 is 0 Å². The molecule has 1 aromatic heterocycles. The predicted octanol–water partition coefficient (Wildman–Crippen LogP) is 2.88. The number of rotatable bonds is 2. The van der Waals surface area contributed by atoms with Gasteiger partial charge in [0.25, 0.3) is 0 Å². The zero-order chi connectivity index (χ0) is 9.10. The highest BCUT2D eigenvalue weighted by Gasteiger charge is 2.01. The van der Waals surface area contributed by atoms with Crippen LogP contribution in [0.5, 0.6) is 0 Å². The molecule has 0 saturated heterocycles. The van der Waals surface area contributed by atoms with E-state index in [1.165, 1.54) is 0 Å². The Labute approximate surface area is 84.8 Å². The van der Waals surface area contributed by atoms with Gasteiger partial charge in [0, 0.05) is 22.2 Å². The fourth-order valence-electron chi connectivity index (χ4n) is 0.928. The first-order valence-electron chi connectivity index (χ1n) is 3.78. The Hall–Kier alpha value is -1.00. The van der Waals surface area contributed by atoms with Crippen molar-refractivity contribution in [3.8, 4) is 0 Å². The molecule has 2 rings (SSSR count). The van der Waals surface area contributed by atoms with Gasteiger partial charge in [-0.15, -0.1) is 11.3 Å². The largest absolute Gasteiger partial charge is 0.398 e. The summed E-state index contributed by atoms with van der Waals surface area (Å²) in [5.74, 6) is 0. The molecule has 0 aliphatic heterocycles. The Bertz CT molecular complexity index is 384. The molecule has 1 heterocycles. The molecule has 0 atom stereocenters. The minimum absolute atomic E-state index is 0.808. The molecule has 0 amide bonds. The lowest BCUT2D eigenvalue weighted by atomic mass is 10.3. The van der Waals surface area contributed by atoms with Crippen molar-refractivity contribution in [2.24, 2.45) is 0 Å². The quantitative estimate of drug-likeness (QED) is 0.771. The van der Waals surface area contributed by atoms with Gasteiger partial charge in [0.2, 0.25) is 0 Å². The fourth-order valence-corrected chi connectivity index (χ4v) is 2.55. The van der Waals surface area contributed by atoms with Crippen molar-refractivity contribution in [2.75, 3.05) is 5.73 Å². The van der Waals surface area contributed by atoms with Crippen molar-refractivity contribution in [3.63, 3.8) is 0 Å². The van der Waals surface area contributed by atoms with E-state index in [4.69, 9.17) is 5.73 Å². The SMILES string of the molecule is Nc1ccccc1Sc1nccs1. The van der Waals surface area contributed by atoms with Crippen LogP contribution in [-0.2, 0) is 0 Å². The lowest BCUT2D eigenvalue weighted by molar-refractivity contribution is 1.25. The number of anilines is 1. The second kappa shape index (κ2) is 3.81. The summed E-state index contributed by atoms with van der Waals surface area (Å²) in [5, 5.41) is 1.96. The predicted molar refractivity (Wildman–Crippen MR) is 57.1 cm³/mol. The maximum Gasteiger partial charge on any atom is 0.154 e. The first-order chi connectivity index (χ1) is 6.36. The fraction of sp³-hybridized carbons (Fsp3) is 0. The second-order valence-corrected chi connectivity index (χ2v) is 4.62. The molecule has 0 spiro atoms. The molecule has 66 valence electrons. The maximum absolute atomic E-state index is 5.79. The van der Waals surface area contributed by atoms with Crippen LogP contribution in [0.25, 0.3) is 0 Å². The van der Waals surface area contributed by atoms with Crippen LogP contribution in [0, 0.1) is 0 Å². The molecule has 13 heavy (non-hydrogen) atoms. The number of hydrogen-bond acceptors (Lipinski definition) is 4. The van der Waals surface area contributed by atoms with E-state index in [1.54, 1.807) is 29.3 Å². The highest BCUT2D eigenvalue weighted by Crippen LogP contribution is 2.32. The summed E-state index contributed by atoms with van der Waals surface area (Å²) in [5.41, 5.74) is 6.60. The zero-order valence-corrected chi connectivity index (χ0v) is 8.44. The normalized spacial score (nSPS) is 10.2. The summed E-state index contributed by atoms with van der Waals surface area (Å²) in [6.07, 6.45) is 1.80. The van der Waals surface area contributed by atoms with Gasteiger partial charge >= 0.3 is 0 Å². The van der Waals surface area contributed by atoms with Crippen LogP contribution in [0.3, 0.4) is 0 Å². The third kappa shape index (κ3) is 2.02. The van der Waals surface area contributed by atoms with Crippen molar-refractivity contribution in [1.29, 1.82) is 0 Å². The summed E-state index contributed by atoms with van der Waals surface area (Å²) in [4.78, 5) is 5.25. The van der Waals surface area contributed by atoms with Crippen LogP contribution in [0.4, 0.5) is 5.69 Å². The molecule has 0 saturated carbocycles. The summed E-state index contributed by atoms with van der Waals surface area (Å²) >= 11 is 3.23. The van der Waals surface area contributed by atoms with Gasteiger partial charge in [-0.2, -0.15) is 0 Å². The van der Waals surface area contributed by atoms with Gasteiger partial charge in [-0.3, -0.25) is 0 Å². The molecule has 0 radical (unpaired) electrons. The maximum atomic E-state index is 5.79. The van der Waals surface area contributed by atoms with E-state index < -0.39 is 0 Å². The third-order valence-corrected chi connectivity index (χ3v) is 3.50. The highest BCUT2D eigenvalue weighted by atomic mass is 32.2. The van der Waals surface area contributed by atoms with Crippen LogP contribution in [0.15, 0.2) is 45.1 Å². The van der Waals surface area contributed by atoms with Crippen LogP contribution in [0.1, 0.15) is 0 Å². The van der Waals surface area contributed by atoms with E-state index in [2.05, 4.69) is 4.98 Å². The van der Waals surface area contributed by atoms with Crippen molar-refractivity contribution in [1.82, 2.24) is 4.98 Å². The molecule has 2 aromatic rings. The van der Waals surface area contributed by atoms with Crippen LogP contribution in [0.2, 0.25) is 0 Å². The average molecular weight is 208 g/mol. The van der Waals surface area contributed by atoms with Crippen LogP contribution >= 0.6 is 23.1 Å². The number of aromatic nitrogens is 1. The number of nitrogens with zero attached hydrogens (tertiary/aromatic N) is 1. The van der Waals surface area contributed by atoms with Gasteiger partial charge in [0.05, 0.1) is 0 Å². The van der Waals surface area contributed by atoms with E-state index in [1.807, 2.05) is 29.6 Å². The summed E-state index contributed by atoms with van der Waals surface area (Å²) in [7, 11) is 0. The first-order valence-corrected chi connectivity index (χ1v) is 5.48. The standard InChI is InChI=1S/C9H8N2S2/c10-7-3-1-2-4-8(7)13-9-11-5-6-12-9/h1-6H,10H2. The lowest BCUT2D eigenvalue weighted by Crippen LogP contribution is -1.86. The molecule has 0 unspecified atom stereocenters. The van der Waals surface area contributed by atoms with E-state index in [9.17, 15) is 0 Å². The van der Waals surface area contributed by atoms with Crippen molar-refractivity contribution in [2.45, 2.75) is 9.24 Å². The summed E-state index contributed by atoms with van der Waals surface area (Å²) in [6, 6.07) is 7.81. The van der Waals surface area contributed by atoms with Gasteiger partial charge in [-0.1, -0.05) is 23.9 Å². The molecule has 2 N–H and O–H groups in total. The van der Waals surface area contributed by atoms with Crippen molar-refractivity contribution in [3.05, 3.63) is 35.8 Å². The molecule has 0 aliphatic rings. The number of hydrogen-bond donors (Lipinski definition) is 1. The number of benzene rings is 1. The Morgan fingerprint density at radius 1 is 1.31 bits per heavy atom. The van der Waals surface area contributed by atoms with Gasteiger partial charge < -0.3 is 5.73 Å². The first kappa shape index (κ1) is 8.59. The molecule has 1 aromatic carbocycles. The number of thiazole rings is 1. The van der Waals surface area contributed by atoms with Crippen LogP contribution < -0.4 is 5.73 Å². The lowest BCUT2D eigenvalue weighted by Gasteiger charge is -2.00. The van der Waals surface area contributed by atoms with Crippen LogP contribution in [-0.4, -0.2) is 4.98 Å². The number of nitrogens with two attached hydrogens (primary N) is 1. The topological polar surface area (TPSA) is 38.9 Å². The van der Waals surface area contributed by atoms with E-state index in [0.29, 0.717) is 0 Å².